The van der Waals surface area contributed by atoms with E-state index in [4.69, 9.17) is 0 Å². The minimum absolute atomic E-state index is 1.13. The van der Waals surface area contributed by atoms with Gasteiger partial charge in [0.15, 0.2) is 0 Å². The summed E-state index contributed by atoms with van der Waals surface area (Å²) in [5.74, 6) is 0. The minimum atomic E-state index is 1.13. The van der Waals surface area contributed by atoms with E-state index in [0.29, 0.717) is 0 Å². The van der Waals surface area contributed by atoms with Crippen LogP contribution in [0.25, 0.3) is 104 Å². The van der Waals surface area contributed by atoms with Gasteiger partial charge in [0.05, 0.1) is 0 Å². The SMILES string of the molecule is CCCCCCc1cc(-c2cc(CCCCCC)c(-c3ccc(-c4cccs4)s3)s2)sc1/C=C/c1ccc(-c2ccc(/C=C/c3sc(-c4cc(CCCCCC)c(-c5ccc(-c6ccc(-c7sccc7CCCCCC)s6)s5)s4)cc3CCCCCC)cc2)cc1. The Kier molecular flexibility index (Phi) is 26.1. The molecule has 474 valence electrons. The molecule has 9 aromatic heterocycles. The molecule has 0 aliphatic heterocycles. The topological polar surface area (TPSA) is 0 Å². The first-order valence-corrected chi connectivity index (χ1v) is 41.8. The van der Waals surface area contributed by atoms with E-state index in [0.717, 1.165) is 25.7 Å². The second-order valence-corrected chi connectivity index (χ2v) is 34.0. The predicted molar refractivity (Wildman–Crippen MR) is 421 cm³/mol. The first-order valence-electron chi connectivity index (χ1n) is 34.4. The molecule has 0 fully saturated rings. The fraction of sp³-hybridized carbons (Fsp3) is 0.366. The van der Waals surface area contributed by atoms with Crippen LogP contribution in [0.1, 0.15) is 212 Å². The maximum atomic E-state index is 2.57. The van der Waals surface area contributed by atoms with E-state index in [1.54, 1.807) is 0 Å². The third-order valence-electron chi connectivity index (χ3n) is 17.5. The molecule has 91 heavy (non-hydrogen) atoms. The van der Waals surface area contributed by atoms with Gasteiger partial charge in [0, 0.05) is 78.0 Å². The molecule has 9 heterocycles. The van der Waals surface area contributed by atoms with E-state index in [1.807, 2.05) is 102 Å². The van der Waals surface area contributed by atoms with Crippen molar-refractivity contribution in [2.24, 2.45) is 0 Å². The number of benzene rings is 2. The van der Waals surface area contributed by atoms with Crippen molar-refractivity contribution in [2.45, 2.75) is 195 Å². The highest BCUT2D eigenvalue weighted by atomic mass is 32.1. The van der Waals surface area contributed by atoms with Crippen molar-refractivity contribution in [1.82, 2.24) is 0 Å². The maximum absolute atomic E-state index is 2.57. The van der Waals surface area contributed by atoms with Crippen LogP contribution in [0, 0.1) is 0 Å². The molecular weight excluding hydrogens is 1270 g/mol. The Morgan fingerprint density at radius 3 is 1.02 bits per heavy atom. The Bertz CT molecular complexity index is 3990. The van der Waals surface area contributed by atoms with E-state index in [2.05, 4.69) is 197 Å². The normalized spacial score (nSPS) is 11.9. The summed E-state index contributed by atoms with van der Waals surface area (Å²) >= 11 is 17.7. The molecule has 0 atom stereocenters. The lowest BCUT2D eigenvalue weighted by molar-refractivity contribution is 0.667. The zero-order chi connectivity index (χ0) is 62.6. The summed E-state index contributed by atoms with van der Waals surface area (Å²) < 4.78 is 0. The molecular formula is C82H92S9. The average Bonchev–Trinajstić information content (AvgIpc) is 1.82. The zero-order valence-corrected chi connectivity index (χ0v) is 61.8. The van der Waals surface area contributed by atoms with E-state index in [9.17, 15) is 0 Å². The van der Waals surface area contributed by atoms with Gasteiger partial charge >= 0.3 is 0 Å². The first-order chi connectivity index (χ1) is 44.9. The molecule has 11 rings (SSSR count). The van der Waals surface area contributed by atoms with E-state index < -0.39 is 0 Å². The van der Waals surface area contributed by atoms with E-state index >= 15 is 0 Å². The molecule has 0 spiro atoms. The van der Waals surface area contributed by atoms with Crippen molar-refractivity contribution in [2.75, 3.05) is 0 Å². The number of thiophene rings is 9. The molecule has 0 amide bonds. The lowest BCUT2D eigenvalue weighted by Crippen LogP contribution is -1.86. The number of unbranched alkanes of at least 4 members (excludes halogenated alkanes) is 15. The highest BCUT2D eigenvalue weighted by Gasteiger charge is 2.21. The fourth-order valence-electron chi connectivity index (χ4n) is 12.3. The van der Waals surface area contributed by atoms with Gasteiger partial charge in [0.1, 0.15) is 0 Å². The van der Waals surface area contributed by atoms with Gasteiger partial charge in [0.2, 0.25) is 0 Å². The summed E-state index contributed by atoms with van der Waals surface area (Å²) in [5, 5.41) is 4.49. The van der Waals surface area contributed by atoms with Gasteiger partial charge in [-0.3, -0.25) is 0 Å². The van der Waals surface area contributed by atoms with Gasteiger partial charge in [-0.2, -0.15) is 0 Å². The zero-order valence-electron chi connectivity index (χ0n) is 54.4. The quantitative estimate of drug-likeness (QED) is 0.0341. The van der Waals surface area contributed by atoms with Gasteiger partial charge in [-0.05, 0) is 210 Å². The van der Waals surface area contributed by atoms with E-state index in [1.165, 1.54) is 263 Å². The Morgan fingerprint density at radius 2 is 0.615 bits per heavy atom. The standard InChI is InChI=1S/C82H92S9/c1-6-11-16-21-27-62-51-53-84-80(62)73-48-46-71(88-73)72-47-50-75(89-72)82-66(31-25-20-15-10-5)57-79(91-82)77-55-64(29-23-18-13-8-3)68(86-77)44-38-59-35-41-61(42-36-59)60-39-33-58(34-40-60)37-43-67-63(28-22-17-12-7-2)54-76(85-67)78-56-65(30-24-19-14-9-4)81(90-78)74-49-45-70(87-74)69-32-26-52-83-69/h26,32-57H,6-25,27-31H2,1-5H3/b43-37+,44-38+. The predicted octanol–water partition coefficient (Wildman–Crippen LogP) is 30.5. The van der Waals surface area contributed by atoms with Gasteiger partial charge < -0.3 is 0 Å². The summed E-state index contributed by atoms with van der Waals surface area (Å²) in [7, 11) is 0. The summed E-state index contributed by atoms with van der Waals surface area (Å²) in [6.45, 7) is 11.6. The van der Waals surface area contributed by atoms with Gasteiger partial charge in [0.25, 0.3) is 0 Å². The Labute approximate surface area is 582 Å². The number of aryl methyl sites for hydroxylation is 5. The molecule has 0 N–H and O–H groups in total. The summed E-state index contributed by atoms with van der Waals surface area (Å²) in [5.41, 5.74) is 12.6. The molecule has 0 radical (unpaired) electrons. The summed E-state index contributed by atoms with van der Waals surface area (Å²) in [4.78, 5) is 22.7. The molecule has 0 aliphatic rings. The second-order valence-electron chi connectivity index (χ2n) is 24.6. The summed E-state index contributed by atoms with van der Waals surface area (Å²) in [6, 6.07) is 49.7. The highest BCUT2D eigenvalue weighted by molar-refractivity contribution is 7.30. The molecule has 2 aromatic carbocycles. The highest BCUT2D eigenvalue weighted by Crippen LogP contribution is 2.50. The molecule has 0 saturated carbocycles. The molecule has 9 heteroatoms. The number of hydrogen-bond donors (Lipinski definition) is 0. The molecule has 0 bridgehead atoms. The Balaban J connectivity index is 0.787. The van der Waals surface area contributed by atoms with Crippen LogP contribution in [0.3, 0.4) is 0 Å². The van der Waals surface area contributed by atoms with Crippen LogP contribution < -0.4 is 0 Å². The van der Waals surface area contributed by atoms with Gasteiger partial charge in [-0.15, -0.1) is 102 Å². The van der Waals surface area contributed by atoms with Crippen molar-refractivity contribution in [3.63, 3.8) is 0 Å². The second kappa shape index (κ2) is 35.1. The van der Waals surface area contributed by atoms with Crippen LogP contribution in [0.15, 0.2) is 138 Å². The van der Waals surface area contributed by atoms with Crippen LogP contribution in [0.2, 0.25) is 0 Å². The third kappa shape index (κ3) is 18.4. The van der Waals surface area contributed by atoms with Gasteiger partial charge in [-0.1, -0.05) is 198 Å². The van der Waals surface area contributed by atoms with Crippen molar-refractivity contribution in [1.29, 1.82) is 0 Å². The average molecular weight is 1370 g/mol. The van der Waals surface area contributed by atoms with Crippen LogP contribution in [0.5, 0.6) is 0 Å². The fourth-order valence-corrected chi connectivity index (χ4v) is 22.4. The lowest BCUT2D eigenvalue weighted by atomic mass is 10.0. The molecule has 0 saturated heterocycles. The monoisotopic (exact) mass is 1360 g/mol. The minimum Gasteiger partial charge on any atom is -0.143 e. The van der Waals surface area contributed by atoms with Crippen molar-refractivity contribution >= 4 is 126 Å². The molecule has 0 nitrogen and oxygen atoms in total. The largest absolute Gasteiger partial charge is 0.143 e. The molecule has 0 aliphatic carbocycles. The summed E-state index contributed by atoms with van der Waals surface area (Å²) in [6.07, 6.45) is 40.9. The smallest absolute Gasteiger partial charge is 0.0481 e. The number of rotatable bonds is 37. The van der Waals surface area contributed by atoms with Crippen LogP contribution in [-0.4, -0.2) is 0 Å². The van der Waals surface area contributed by atoms with Crippen LogP contribution >= 0.6 is 102 Å². The van der Waals surface area contributed by atoms with E-state index in [-0.39, 0.29) is 0 Å². The van der Waals surface area contributed by atoms with Crippen LogP contribution in [0.4, 0.5) is 0 Å². The number of hydrogen-bond acceptors (Lipinski definition) is 9. The Morgan fingerprint density at radius 1 is 0.253 bits per heavy atom. The maximum Gasteiger partial charge on any atom is 0.0481 e. The Hall–Kier alpha value is -4.78. The van der Waals surface area contributed by atoms with Gasteiger partial charge in [-0.25, -0.2) is 0 Å². The van der Waals surface area contributed by atoms with Crippen molar-refractivity contribution in [3.8, 4) is 79.4 Å². The third-order valence-corrected chi connectivity index (χ3v) is 28.6. The van der Waals surface area contributed by atoms with Crippen molar-refractivity contribution < 1.29 is 0 Å². The lowest BCUT2D eigenvalue weighted by Gasteiger charge is -2.04. The first kappa shape index (κ1) is 67.6. The van der Waals surface area contributed by atoms with Crippen molar-refractivity contribution in [3.05, 3.63) is 187 Å². The molecule has 11 aromatic rings. The van der Waals surface area contributed by atoms with Crippen LogP contribution in [-0.2, 0) is 32.1 Å². The molecule has 0 unspecified atom stereocenters.